The first-order chi connectivity index (χ1) is 5.72. The molecule has 0 saturated heterocycles. The number of nitrogens with one attached hydrogen (secondary N) is 1. The van der Waals surface area contributed by atoms with Gasteiger partial charge in [-0.2, -0.15) is 0 Å². The molecule has 1 aromatic heterocycles. The molecule has 0 bridgehead atoms. The van der Waals surface area contributed by atoms with E-state index in [9.17, 15) is 0 Å². The van der Waals surface area contributed by atoms with E-state index >= 15 is 0 Å². The van der Waals surface area contributed by atoms with Crippen molar-refractivity contribution >= 4 is 11.6 Å². The van der Waals surface area contributed by atoms with Gasteiger partial charge in [0.25, 0.3) is 0 Å². The number of pyridine rings is 1. The van der Waals surface area contributed by atoms with E-state index in [4.69, 9.17) is 11.6 Å². The highest BCUT2D eigenvalue weighted by Crippen LogP contribution is 2.10. The SMILES string of the molecule is CNCCc1cc(C)nc(Cl)c1. The number of nitrogens with zero attached hydrogens (tertiary/aromatic N) is 1. The predicted octanol–water partition coefficient (Wildman–Crippen LogP) is 1.81. The van der Waals surface area contributed by atoms with E-state index in [1.165, 1.54) is 5.56 Å². The second kappa shape index (κ2) is 4.43. The normalized spacial score (nSPS) is 10.2. The molecule has 0 aliphatic heterocycles. The molecule has 0 fully saturated rings. The molecule has 0 atom stereocenters. The van der Waals surface area contributed by atoms with Gasteiger partial charge in [-0.05, 0) is 44.6 Å². The van der Waals surface area contributed by atoms with Crippen molar-refractivity contribution in [3.05, 3.63) is 28.5 Å². The van der Waals surface area contributed by atoms with Crippen LogP contribution in [-0.2, 0) is 6.42 Å². The minimum absolute atomic E-state index is 0.584. The second-order valence-corrected chi connectivity index (χ2v) is 3.18. The minimum Gasteiger partial charge on any atom is -0.319 e. The zero-order valence-corrected chi connectivity index (χ0v) is 8.15. The largest absolute Gasteiger partial charge is 0.319 e. The van der Waals surface area contributed by atoms with Crippen molar-refractivity contribution < 1.29 is 0 Å². The van der Waals surface area contributed by atoms with Crippen molar-refractivity contribution in [2.75, 3.05) is 13.6 Å². The van der Waals surface area contributed by atoms with Crippen LogP contribution in [0.15, 0.2) is 12.1 Å². The zero-order valence-electron chi connectivity index (χ0n) is 7.39. The molecule has 0 aliphatic carbocycles. The van der Waals surface area contributed by atoms with E-state index in [0.29, 0.717) is 5.15 Å². The molecule has 0 aromatic carbocycles. The Kier molecular flexibility index (Phi) is 3.50. The highest BCUT2D eigenvalue weighted by atomic mass is 35.5. The molecule has 1 heterocycles. The van der Waals surface area contributed by atoms with Gasteiger partial charge in [-0.1, -0.05) is 11.6 Å². The van der Waals surface area contributed by atoms with E-state index in [1.807, 2.05) is 20.0 Å². The lowest BCUT2D eigenvalue weighted by Crippen LogP contribution is -2.10. The van der Waals surface area contributed by atoms with E-state index < -0.39 is 0 Å². The number of hydrogen-bond acceptors (Lipinski definition) is 2. The summed E-state index contributed by atoms with van der Waals surface area (Å²) in [7, 11) is 1.94. The summed E-state index contributed by atoms with van der Waals surface area (Å²) in [6.07, 6.45) is 1.000. The number of aromatic nitrogens is 1. The van der Waals surface area contributed by atoms with Crippen LogP contribution in [0, 0.1) is 6.92 Å². The molecule has 0 unspecified atom stereocenters. The molecule has 0 aliphatic rings. The van der Waals surface area contributed by atoms with Gasteiger partial charge in [0.2, 0.25) is 0 Å². The Morgan fingerprint density at radius 2 is 2.25 bits per heavy atom. The third-order valence-corrected chi connectivity index (χ3v) is 1.84. The van der Waals surface area contributed by atoms with Gasteiger partial charge >= 0.3 is 0 Å². The Morgan fingerprint density at radius 3 is 2.83 bits per heavy atom. The number of likely N-dealkylation sites (N-methyl/N-ethyl adjacent to an activating group) is 1. The Labute approximate surface area is 78.0 Å². The van der Waals surface area contributed by atoms with Crippen molar-refractivity contribution in [2.24, 2.45) is 0 Å². The quantitative estimate of drug-likeness (QED) is 0.725. The fourth-order valence-electron chi connectivity index (χ4n) is 1.11. The molecule has 0 amide bonds. The molecule has 2 nitrogen and oxygen atoms in total. The molecule has 3 heteroatoms. The number of rotatable bonds is 3. The average molecular weight is 185 g/mol. The van der Waals surface area contributed by atoms with E-state index in [1.54, 1.807) is 0 Å². The first-order valence-corrected chi connectivity index (χ1v) is 4.38. The maximum Gasteiger partial charge on any atom is 0.129 e. The van der Waals surface area contributed by atoms with Crippen LogP contribution in [0.3, 0.4) is 0 Å². The smallest absolute Gasteiger partial charge is 0.129 e. The topological polar surface area (TPSA) is 24.9 Å². The Bertz CT molecular complexity index is 240. The van der Waals surface area contributed by atoms with Gasteiger partial charge in [-0.15, -0.1) is 0 Å². The Morgan fingerprint density at radius 1 is 1.50 bits per heavy atom. The van der Waals surface area contributed by atoms with Crippen LogP contribution in [-0.4, -0.2) is 18.6 Å². The van der Waals surface area contributed by atoms with Gasteiger partial charge in [-0.3, -0.25) is 0 Å². The van der Waals surface area contributed by atoms with Crippen molar-refractivity contribution in [3.63, 3.8) is 0 Å². The Balaban J connectivity index is 2.72. The maximum absolute atomic E-state index is 5.80. The van der Waals surface area contributed by atoms with E-state index in [0.717, 1.165) is 18.7 Å². The van der Waals surface area contributed by atoms with Gasteiger partial charge in [-0.25, -0.2) is 4.98 Å². The molecular formula is C9H13ClN2. The molecule has 66 valence electrons. The van der Waals surface area contributed by atoms with Crippen LogP contribution in [0.25, 0.3) is 0 Å². The van der Waals surface area contributed by atoms with Crippen LogP contribution in [0.5, 0.6) is 0 Å². The van der Waals surface area contributed by atoms with Crippen LogP contribution >= 0.6 is 11.6 Å². The number of halogens is 1. The standard InChI is InChI=1S/C9H13ClN2/c1-7-5-8(3-4-11-2)6-9(10)12-7/h5-6,11H,3-4H2,1-2H3. The molecule has 1 rings (SSSR count). The van der Waals surface area contributed by atoms with Crippen molar-refractivity contribution in [2.45, 2.75) is 13.3 Å². The van der Waals surface area contributed by atoms with Crippen molar-refractivity contribution in [3.8, 4) is 0 Å². The molecule has 0 radical (unpaired) electrons. The van der Waals surface area contributed by atoms with Crippen LogP contribution in [0.1, 0.15) is 11.3 Å². The third-order valence-electron chi connectivity index (χ3n) is 1.65. The Hall–Kier alpha value is -0.600. The number of hydrogen-bond donors (Lipinski definition) is 1. The minimum atomic E-state index is 0.584. The fourth-order valence-corrected chi connectivity index (χ4v) is 1.38. The van der Waals surface area contributed by atoms with Crippen LogP contribution < -0.4 is 5.32 Å². The van der Waals surface area contributed by atoms with Crippen LogP contribution in [0.4, 0.5) is 0 Å². The lowest BCUT2D eigenvalue weighted by atomic mass is 10.2. The summed E-state index contributed by atoms with van der Waals surface area (Å²) in [6, 6.07) is 3.97. The first kappa shape index (κ1) is 9.49. The van der Waals surface area contributed by atoms with Gasteiger partial charge < -0.3 is 5.32 Å². The summed E-state index contributed by atoms with van der Waals surface area (Å²) in [5.41, 5.74) is 2.22. The molecule has 12 heavy (non-hydrogen) atoms. The lowest BCUT2D eigenvalue weighted by Gasteiger charge is -2.02. The van der Waals surface area contributed by atoms with E-state index in [2.05, 4.69) is 16.4 Å². The van der Waals surface area contributed by atoms with E-state index in [-0.39, 0.29) is 0 Å². The summed E-state index contributed by atoms with van der Waals surface area (Å²) >= 11 is 5.80. The van der Waals surface area contributed by atoms with Crippen molar-refractivity contribution in [1.82, 2.24) is 10.3 Å². The van der Waals surface area contributed by atoms with Gasteiger partial charge in [0.15, 0.2) is 0 Å². The summed E-state index contributed by atoms with van der Waals surface area (Å²) in [5.74, 6) is 0. The fraction of sp³-hybridized carbons (Fsp3) is 0.444. The van der Waals surface area contributed by atoms with Gasteiger partial charge in [0.1, 0.15) is 5.15 Å². The highest BCUT2D eigenvalue weighted by molar-refractivity contribution is 6.29. The third kappa shape index (κ3) is 2.80. The maximum atomic E-state index is 5.80. The molecule has 1 N–H and O–H groups in total. The molecule has 0 spiro atoms. The van der Waals surface area contributed by atoms with Gasteiger partial charge in [0.05, 0.1) is 0 Å². The summed E-state index contributed by atoms with van der Waals surface area (Å²) < 4.78 is 0. The first-order valence-electron chi connectivity index (χ1n) is 4.00. The van der Waals surface area contributed by atoms with Crippen molar-refractivity contribution in [1.29, 1.82) is 0 Å². The molecule has 1 aromatic rings. The summed E-state index contributed by atoms with van der Waals surface area (Å²) in [6.45, 7) is 2.93. The van der Waals surface area contributed by atoms with Crippen LogP contribution in [0.2, 0.25) is 5.15 Å². The summed E-state index contributed by atoms with van der Waals surface area (Å²) in [5, 5.41) is 3.68. The lowest BCUT2D eigenvalue weighted by molar-refractivity contribution is 0.790. The number of aryl methyl sites for hydroxylation is 1. The summed E-state index contributed by atoms with van der Waals surface area (Å²) in [4.78, 5) is 4.09. The van der Waals surface area contributed by atoms with Gasteiger partial charge in [0, 0.05) is 5.69 Å². The average Bonchev–Trinajstić information content (AvgIpc) is 1.99. The molecule has 0 saturated carbocycles. The predicted molar refractivity (Wildman–Crippen MR) is 51.6 cm³/mol. The monoisotopic (exact) mass is 184 g/mol. The highest BCUT2D eigenvalue weighted by Gasteiger charge is 1.96. The molecular weight excluding hydrogens is 172 g/mol. The zero-order chi connectivity index (χ0) is 8.97. The second-order valence-electron chi connectivity index (χ2n) is 2.79.